The number of nitrogens with zero attached hydrogens (tertiary/aromatic N) is 2. The molecule has 0 saturated heterocycles. The lowest BCUT2D eigenvalue weighted by Gasteiger charge is -2.12. The standard InChI is InChI=1S/C19H18FN3O5S/c1-11-7-8-16(10-17(11)20)29(25,26)23-15-6-4-5-14(9-15)19(24)27-12(2)18-21-13(3)22-28-18/h4-10,12,23H,1-3H3. The molecule has 0 aliphatic carbocycles. The topological polar surface area (TPSA) is 111 Å². The number of hydrogen-bond acceptors (Lipinski definition) is 7. The molecule has 0 fully saturated rings. The van der Waals surface area contributed by atoms with E-state index in [1.54, 1.807) is 13.8 Å². The average molecular weight is 419 g/mol. The fourth-order valence-corrected chi connectivity index (χ4v) is 3.48. The minimum Gasteiger partial charge on any atom is -0.449 e. The van der Waals surface area contributed by atoms with Crippen LogP contribution in [0.25, 0.3) is 0 Å². The van der Waals surface area contributed by atoms with Gasteiger partial charge in [0.05, 0.1) is 10.5 Å². The van der Waals surface area contributed by atoms with Crippen molar-refractivity contribution in [3.8, 4) is 0 Å². The predicted octanol–water partition coefficient (Wildman–Crippen LogP) is 3.54. The predicted molar refractivity (Wildman–Crippen MR) is 101 cm³/mol. The highest BCUT2D eigenvalue weighted by Gasteiger charge is 2.20. The molecule has 0 spiro atoms. The van der Waals surface area contributed by atoms with E-state index in [-0.39, 0.29) is 22.0 Å². The number of aromatic nitrogens is 2. The SMILES string of the molecule is Cc1noc(C(C)OC(=O)c2cccc(NS(=O)(=O)c3ccc(C)c(F)c3)c2)n1. The minimum atomic E-state index is -4.03. The van der Waals surface area contributed by atoms with Crippen molar-refractivity contribution < 1.29 is 26.9 Å². The smallest absolute Gasteiger partial charge is 0.338 e. The van der Waals surface area contributed by atoms with Gasteiger partial charge in [0.15, 0.2) is 11.9 Å². The maximum Gasteiger partial charge on any atom is 0.338 e. The Morgan fingerprint density at radius 3 is 2.62 bits per heavy atom. The molecular formula is C19H18FN3O5S. The normalized spacial score (nSPS) is 12.4. The zero-order chi connectivity index (χ0) is 21.2. The summed E-state index contributed by atoms with van der Waals surface area (Å²) in [5.74, 6) is -0.771. The molecular weight excluding hydrogens is 401 g/mol. The molecule has 3 aromatic rings. The van der Waals surface area contributed by atoms with Crippen molar-refractivity contribution in [2.45, 2.75) is 31.8 Å². The molecule has 1 heterocycles. The second-order valence-corrected chi connectivity index (χ2v) is 8.01. The van der Waals surface area contributed by atoms with Crippen LogP contribution in [-0.4, -0.2) is 24.5 Å². The number of sulfonamides is 1. The zero-order valence-corrected chi connectivity index (χ0v) is 16.7. The Labute approximate surface area is 166 Å². The molecule has 29 heavy (non-hydrogen) atoms. The molecule has 0 amide bonds. The number of anilines is 1. The maximum atomic E-state index is 13.7. The van der Waals surface area contributed by atoms with Crippen molar-refractivity contribution in [1.29, 1.82) is 0 Å². The van der Waals surface area contributed by atoms with Crippen molar-refractivity contribution in [2.75, 3.05) is 4.72 Å². The van der Waals surface area contributed by atoms with E-state index in [0.717, 1.165) is 6.07 Å². The van der Waals surface area contributed by atoms with Crippen LogP contribution in [0.15, 0.2) is 51.9 Å². The number of benzene rings is 2. The van der Waals surface area contributed by atoms with E-state index in [9.17, 15) is 17.6 Å². The van der Waals surface area contributed by atoms with Gasteiger partial charge in [0.1, 0.15) is 5.82 Å². The van der Waals surface area contributed by atoms with Crippen molar-refractivity contribution in [2.24, 2.45) is 0 Å². The van der Waals surface area contributed by atoms with Gasteiger partial charge in [-0.2, -0.15) is 4.98 Å². The van der Waals surface area contributed by atoms with Gasteiger partial charge in [0.2, 0.25) is 0 Å². The summed E-state index contributed by atoms with van der Waals surface area (Å²) in [5, 5.41) is 3.63. The molecule has 152 valence electrons. The van der Waals surface area contributed by atoms with Crippen molar-refractivity contribution in [1.82, 2.24) is 10.1 Å². The third kappa shape index (κ3) is 4.77. The number of carbonyl (C=O) groups is 1. The van der Waals surface area contributed by atoms with E-state index in [1.165, 1.54) is 43.3 Å². The van der Waals surface area contributed by atoms with Gasteiger partial charge in [0, 0.05) is 5.69 Å². The number of halogens is 1. The lowest BCUT2D eigenvalue weighted by atomic mass is 10.2. The highest BCUT2D eigenvalue weighted by Crippen LogP contribution is 2.21. The molecule has 2 aromatic carbocycles. The van der Waals surface area contributed by atoms with Gasteiger partial charge >= 0.3 is 5.97 Å². The molecule has 8 nitrogen and oxygen atoms in total. The van der Waals surface area contributed by atoms with Crippen molar-refractivity contribution in [3.05, 3.63) is 71.1 Å². The summed E-state index contributed by atoms with van der Waals surface area (Å²) in [6, 6.07) is 9.35. The maximum absolute atomic E-state index is 13.7. The van der Waals surface area contributed by atoms with Crippen LogP contribution in [0.3, 0.4) is 0 Å². The second kappa shape index (κ2) is 8.00. The van der Waals surface area contributed by atoms with Crippen LogP contribution in [0.2, 0.25) is 0 Å². The Morgan fingerprint density at radius 1 is 1.21 bits per heavy atom. The molecule has 10 heteroatoms. The lowest BCUT2D eigenvalue weighted by Crippen LogP contribution is -2.14. The molecule has 1 aromatic heterocycles. The van der Waals surface area contributed by atoms with Gasteiger partial charge in [-0.3, -0.25) is 4.72 Å². The molecule has 0 aliphatic heterocycles. The highest BCUT2D eigenvalue weighted by atomic mass is 32.2. The van der Waals surface area contributed by atoms with Crippen LogP contribution < -0.4 is 4.72 Å². The number of ether oxygens (including phenoxy) is 1. The van der Waals surface area contributed by atoms with Gasteiger partial charge in [-0.15, -0.1) is 0 Å². The van der Waals surface area contributed by atoms with E-state index < -0.39 is 27.9 Å². The van der Waals surface area contributed by atoms with E-state index in [4.69, 9.17) is 9.26 Å². The first-order valence-electron chi connectivity index (χ1n) is 8.56. The zero-order valence-electron chi connectivity index (χ0n) is 15.8. The Balaban J connectivity index is 1.76. The van der Waals surface area contributed by atoms with Crippen molar-refractivity contribution in [3.63, 3.8) is 0 Å². The van der Waals surface area contributed by atoms with E-state index in [0.29, 0.717) is 11.4 Å². The summed E-state index contributed by atoms with van der Waals surface area (Å²) in [7, 11) is -4.03. The van der Waals surface area contributed by atoms with Crippen molar-refractivity contribution >= 4 is 21.7 Å². The third-order valence-electron chi connectivity index (χ3n) is 3.98. The molecule has 3 rings (SSSR count). The number of rotatable bonds is 6. The summed E-state index contributed by atoms with van der Waals surface area (Å²) in [6.45, 7) is 4.74. The van der Waals surface area contributed by atoms with E-state index in [1.807, 2.05) is 0 Å². The minimum absolute atomic E-state index is 0.114. The monoisotopic (exact) mass is 419 g/mol. The highest BCUT2D eigenvalue weighted by molar-refractivity contribution is 7.92. The van der Waals surface area contributed by atoms with Crippen LogP contribution in [0.4, 0.5) is 10.1 Å². The summed E-state index contributed by atoms with van der Waals surface area (Å²) in [5.41, 5.74) is 0.573. The molecule has 0 aliphatic rings. The third-order valence-corrected chi connectivity index (χ3v) is 5.36. The fraction of sp³-hybridized carbons (Fsp3) is 0.211. The number of nitrogens with one attached hydrogen (secondary N) is 1. The fourth-order valence-electron chi connectivity index (χ4n) is 2.42. The quantitative estimate of drug-likeness (QED) is 0.608. The molecule has 1 unspecified atom stereocenters. The molecule has 0 bridgehead atoms. The number of aryl methyl sites for hydroxylation is 2. The number of hydrogen-bond donors (Lipinski definition) is 1. The van der Waals surface area contributed by atoms with Crippen LogP contribution in [-0.2, 0) is 14.8 Å². The van der Waals surface area contributed by atoms with E-state index in [2.05, 4.69) is 14.9 Å². The Kier molecular flexibility index (Phi) is 5.64. The van der Waals surface area contributed by atoms with Gasteiger partial charge in [0.25, 0.3) is 15.9 Å². The van der Waals surface area contributed by atoms with Crippen LogP contribution in [0.1, 0.15) is 40.7 Å². The Bertz CT molecular complexity index is 1160. The molecule has 0 radical (unpaired) electrons. The number of esters is 1. The van der Waals surface area contributed by atoms with Gasteiger partial charge in [-0.1, -0.05) is 17.3 Å². The molecule has 0 saturated carbocycles. The number of carbonyl (C=O) groups excluding carboxylic acids is 1. The van der Waals surface area contributed by atoms with Crippen LogP contribution in [0.5, 0.6) is 0 Å². The summed E-state index contributed by atoms with van der Waals surface area (Å²) in [6.07, 6.45) is -0.778. The Hall–Kier alpha value is -3.27. The van der Waals surface area contributed by atoms with Gasteiger partial charge < -0.3 is 9.26 Å². The van der Waals surface area contributed by atoms with Crippen LogP contribution >= 0.6 is 0 Å². The second-order valence-electron chi connectivity index (χ2n) is 6.32. The largest absolute Gasteiger partial charge is 0.449 e. The Morgan fingerprint density at radius 2 is 1.97 bits per heavy atom. The average Bonchev–Trinajstić information content (AvgIpc) is 3.10. The molecule has 1 N–H and O–H groups in total. The van der Waals surface area contributed by atoms with Crippen LogP contribution in [0, 0.1) is 19.7 Å². The summed E-state index contributed by atoms with van der Waals surface area (Å²) < 4.78 is 51.2. The summed E-state index contributed by atoms with van der Waals surface area (Å²) >= 11 is 0. The lowest BCUT2D eigenvalue weighted by molar-refractivity contribution is 0.0265. The first kappa shape index (κ1) is 20.5. The van der Waals surface area contributed by atoms with Gasteiger partial charge in [-0.25, -0.2) is 17.6 Å². The first-order valence-corrected chi connectivity index (χ1v) is 10.0. The molecule has 1 atom stereocenters. The summed E-state index contributed by atoms with van der Waals surface area (Å²) in [4.78, 5) is 16.1. The van der Waals surface area contributed by atoms with E-state index >= 15 is 0 Å². The first-order chi connectivity index (χ1) is 13.7. The van der Waals surface area contributed by atoms with Gasteiger partial charge in [-0.05, 0) is 56.7 Å².